The van der Waals surface area contributed by atoms with Crippen LogP contribution in [0.4, 0.5) is 4.39 Å². The summed E-state index contributed by atoms with van der Waals surface area (Å²) < 4.78 is 24.7. The number of hydrogen-bond acceptors (Lipinski definition) is 4. The molecule has 23 heavy (non-hydrogen) atoms. The van der Waals surface area contributed by atoms with Crippen molar-refractivity contribution >= 4 is 20.1 Å². The number of esters is 1. The quantitative estimate of drug-likeness (QED) is 0.334. The molecule has 1 rings (SSSR count). The highest BCUT2D eigenvalue weighted by molar-refractivity contribution is 6.74. The molecule has 128 valence electrons. The van der Waals surface area contributed by atoms with E-state index in [9.17, 15) is 14.0 Å². The molecule has 0 radical (unpaired) electrons. The van der Waals surface area contributed by atoms with Crippen molar-refractivity contribution in [2.24, 2.45) is 0 Å². The molecule has 0 unspecified atom stereocenters. The van der Waals surface area contributed by atoms with Crippen molar-refractivity contribution in [1.29, 1.82) is 0 Å². The third kappa shape index (κ3) is 5.16. The van der Waals surface area contributed by atoms with Gasteiger partial charge in [0.05, 0.1) is 12.2 Å². The number of carbonyl (C=O) groups is 2. The van der Waals surface area contributed by atoms with E-state index in [2.05, 4.69) is 33.9 Å². The second-order valence-electron chi connectivity index (χ2n) is 6.91. The lowest BCUT2D eigenvalue weighted by molar-refractivity contribution is -0.141. The Bertz CT molecular complexity index is 591. The summed E-state index contributed by atoms with van der Waals surface area (Å²) in [7, 11) is -2.09. The third-order valence-electron chi connectivity index (χ3n) is 4.03. The van der Waals surface area contributed by atoms with Crippen LogP contribution in [0.1, 0.15) is 44.5 Å². The highest BCUT2D eigenvalue weighted by Gasteiger charge is 2.39. The monoisotopic (exact) mass is 340 g/mol. The Kier molecular flexibility index (Phi) is 6.10. The summed E-state index contributed by atoms with van der Waals surface area (Å²) in [5.41, 5.74) is -0.144. The minimum Gasteiger partial charge on any atom is -0.543 e. The predicted molar refractivity (Wildman–Crippen MR) is 89.8 cm³/mol. The third-order valence-corrected chi connectivity index (χ3v) is 8.39. The fraction of sp³-hybridized carbons (Fsp3) is 0.529. The highest BCUT2D eigenvalue weighted by Crippen LogP contribution is 2.37. The highest BCUT2D eigenvalue weighted by atomic mass is 28.4. The molecule has 0 spiro atoms. The Labute approximate surface area is 138 Å². The average molecular weight is 340 g/mol. The fourth-order valence-corrected chi connectivity index (χ4v) is 2.69. The summed E-state index contributed by atoms with van der Waals surface area (Å²) in [5.74, 6) is -1.48. The maximum atomic E-state index is 13.9. The van der Waals surface area contributed by atoms with Gasteiger partial charge in [0, 0.05) is 0 Å². The van der Waals surface area contributed by atoms with E-state index in [1.54, 1.807) is 6.92 Å². The van der Waals surface area contributed by atoms with Crippen molar-refractivity contribution in [3.05, 3.63) is 29.6 Å². The summed E-state index contributed by atoms with van der Waals surface area (Å²) in [6.45, 7) is 12.2. The van der Waals surface area contributed by atoms with Crippen molar-refractivity contribution in [3.63, 3.8) is 0 Å². The molecule has 0 saturated carbocycles. The van der Waals surface area contributed by atoms with E-state index in [1.165, 1.54) is 18.2 Å². The van der Waals surface area contributed by atoms with Gasteiger partial charge >= 0.3 is 5.97 Å². The number of ketones is 1. The first-order valence-electron chi connectivity index (χ1n) is 7.65. The molecule has 0 amide bonds. The van der Waals surface area contributed by atoms with Crippen LogP contribution in [0.15, 0.2) is 18.2 Å². The Hall–Kier alpha value is -1.69. The molecule has 0 saturated heterocycles. The normalized spacial score (nSPS) is 12.0. The van der Waals surface area contributed by atoms with Gasteiger partial charge < -0.3 is 9.16 Å². The largest absolute Gasteiger partial charge is 0.543 e. The van der Waals surface area contributed by atoms with Crippen LogP contribution in [0, 0.1) is 5.82 Å². The van der Waals surface area contributed by atoms with Crippen molar-refractivity contribution in [3.8, 4) is 5.75 Å². The number of benzene rings is 1. The summed E-state index contributed by atoms with van der Waals surface area (Å²) in [6, 6.07) is 4.08. The van der Waals surface area contributed by atoms with Crippen LogP contribution in [-0.4, -0.2) is 26.7 Å². The number of rotatable bonds is 6. The van der Waals surface area contributed by atoms with Crippen molar-refractivity contribution in [2.45, 2.75) is 52.2 Å². The summed E-state index contributed by atoms with van der Waals surface area (Å²) in [5, 5.41) is -0.0174. The molecule has 6 heteroatoms. The molecule has 0 aliphatic carbocycles. The Balaban J connectivity index is 3.00. The number of Topliss-reactive ketones (excluding diaryl/α,β-unsaturated/α-hetero) is 1. The molecule has 0 heterocycles. The summed E-state index contributed by atoms with van der Waals surface area (Å²) in [4.78, 5) is 23.5. The van der Waals surface area contributed by atoms with Gasteiger partial charge in [0.25, 0.3) is 0 Å². The molecular weight excluding hydrogens is 315 g/mol. The van der Waals surface area contributed by atoms with E-state index in [1.807, 2.05) is 0 Å². The van der Waals surface area contributed by atoms with Crippen LogP contribution >= 0.6 is 0 Å². The summed E-state index contributed by atoms with van der Waals surface area (Å²) >= 11 is 0. The number of halogens is 1. The van der Waals surface area contributed by atoms with E-state index in [4.69, 9.17) is 9.16 Å². The smallest absolute Gasteiger partial charge is 0.313 e. The van der Waals surface area contributed by atoms with E-state index < -0.39 is 32.3 Å². The topological polar surface area (TPSA) is 52.6 Å². The molecule has 1 aromatic carbocycles. The predicted octanol–water partition coefficient (Wildman–Crippen LogP) is 4.35. The van der Waals surface area contributed by atoms with Crippen LogP contribution < -0.4 is 4.43 Å². The Morgan fingerprint density at radius 1 is 1.22 bits per heavy atom. The number of hydrogen-bond donors (Lipinski definition) is 0. The van der Waals surface area contributed by atoms with Crippen LogP contribution in [0.3, 0.4) is 0 Å². The molecule has 0 aliphatic rings. The Morgan fingerprint density at radius 3 is 2.35 bits per heavy atom. The molecule has 4 nitrogen and oxygen atoms in total. The van der Waals surface area contributed by atoms with Gasteiger partial charge in [-0.2, -0.15) is 0 Å². The van der Waals surface area contributed by atoms with Crippen LogP contribution in [0.25, 0.3) is 0 Å². The molecule has 0 atom stereocenters. The van der Waals surface area contributed by atoms with Gasteiger partial charge in [-0.25, -0.2) is 4.39 Å². The zero-order valence-corrected chi connectivity index (χ0v) is 15.7. The molecule has 0 N–H and O–H groups in total. The van der Waals surface area contributed by atoms with Gasteiger partial charge in [-0.3, -0.25) is 9.59 Å². The second-order valence-corrected chi connectivity index (χ2v) is 11.6. The van der Waals surface area contributed by atoms with E-state index in [-0.39, 0.29) is 17.2 Å². The maximum Gasteiger partial charge on any atom is 0.313 e. The van der Waals surface area contributed by atoms with Crippen molar-refractivity contribution < 1.29 is 23.1 Å². The zero-order chi connectivity index (χ0) is 17.8. The molecule has 0 fully saturated rings. The first-order chi connectivity index (χ1) is 10.5. The molecular formula is C17H25FO4Si. The van der Waals surface area contributed by atoms with Crippen LogP contribution in [0.5, 0.6) is 5.75 Å². The number of carbonyl (C=O) groups excluding carboxylic acids is 2. The van der Waals surface area contributed by atoms with Gasteiger partial charge in [0.15, 0.2) is 5.78 Å². The lowest BCUT2D eigenvalue weighted by Gasteiger charge is -2.36. The van der Waals surface area contributed by atoms with Gasteiger partial charge in [0.2, 0.25) is 8.32 Å². The first-order valence-corrected chi connectivity index (χ1v) is 10.6. The maximum absolute atomic E-state index is 13.9. The standard InChI is InChI=1S/C17H25FO4Si/c1-7-21-16(20)11-15(19)13-10-12(8-9-14(13)18)22-23(5,6)17(2,3)4/h8-10H,7,11H2,1-6H3. The van der Waals surface area contributed by atoms with Crippen molar-refractivity contribution in [2.75, 3.05) is 6.61 Å². The Morgan fingerprint density at radius 2 is 1.83 bits per heavy atom. The molecule has 0 bridgehead atoms. The first kappa shape index (κ1) is 19.4. The van der Waals surface area contributed by atoms with Crippen LogP contribution in [-0.2, 0) is 9.53 Å². The fourth-order valence-electron chi connectivity index (χ4n) is 1.67. The second kappa shape index (κ2) is 7.25. The lowest BCUT2D eigenvalue weighted by Crippen LogP contribution is -2.43. The van der Waals surface area contributed by atoms with Crippen LogP contribution in [0.2, 0.25) is 18.1 Å². The van der Waals surface area contributed by atoms with E-state index in [0.717, 1.165) is 0 Å². The molecule has 0 aliphatic heterocycles. The average Bonchev–Trinajstić information content (AvgIpc) is 2.39. The van der Waals surface area contributed by atoms with E-state index >= 15 is 0 Å². The van der Waals surface area contributed by atoms with Gasteiger partial charge in [0.1, 0.15) is 18.0 Å². The van der Waals surface area contributed by atoms with Gasteiger partial charge in [-0.05, 0) is 43.3 Å². The summed E-state index contributed by atoms with van der Waals surface area (Å²) in [6.07, 6.45) is -0.478. The van der Waals surface area contributed by atoms with Gasteiger partial charge in [-0.15, -0.1) is 0 Å². The van der Waals surface area contributed by atoms with Gasteiger partial charge in [-0.1, -0.05) is 20.8 Å². The molecule has 1 aromatic rings. The van der Waals surface area contributed by atoms with Crippen molar-refractivity contribution in [1.82, 2.24) is 0 Å². The zero-order valence-electron chi connectivity index (χ0n) is 14.7. The minimum absolute atomic E-state index is 0.0174. The number of ether oxygens (including phenoxy) is 1. The minimum atomic E-state index is -2.09. The SMILES string of the molecule is CCOC(=O)CC(=O)c1cc(O[Si](C)(C)C(C)(C)C)ccc1F. The molecule has 0 aromatic heterocycles. The lowest BCUT2D eigenvalue weighted by atomic mass is 10.1. The van der Waals surface area contributed by atoms with E-state index in [0.29, 0.717) is 5.75 Å².